The second-order valence-electron chi connectivity index (χ2n) is 4.89. The molecule has 0 spiro atoms. The van der Waals surface area contributed by atoms with E-state index in [1.54, 1.807) is 0 Å². The first-order valence-corrected chi connectivity index (χ1v) is 7.29. The number of hydrogen-bond acceptors (Lipinski definition) is 3. The van der Waals surface area contributed by atoms with E-state index in [-0.39, 0.29) is 18.6 Å². The lowest BCUT2D eigenvalue weighted by Crippen LogP contribution is -2.26. The molecule has 1 unspecified atom stereocenters. The molecule has 1 aromatic rings. The molecule has 19 heavy (non-hydrogen) atoms. The van der Waals surface area contributed by atoms with Crippen LogP contribution in [-0.4, -0.2) is 17.2 Å². The van der Waals surface area contributed by atoms with Crippen LogP contribution in [0.3, 0.4) is 0 Å². The molecular formula is C14H18BrNO3. The zero-order valence-electron chi connectivity index (χ0n) is 10.6. The molecule has 1 fully saturated rings. The molecule has 0 aliphatic heterocycles. The van der Waals surface area contributed by atoms with Crippen LogP contribution in [0.15, 0.2) is 22.7 Å². The summed E-state index contributed by atoms with van der Waals surface area (Å²) in [6, 6.07) is 5.42. The molecule has 0 amide bonds. The van der Waals surface area contributed by atoms with Crippen LogP contribution in [0.2, 0.25) is 0 Å². The second kappa shape index (κ2) is 6.39. The summed E-state index contributed by atoms with van der Waals surface area (Å²) in [4.78, 5) is 10.6. The standard InChI is InChI=1S/C14H18BrNO3/c15-9-4-6-13(19-10-2-1-3-10)11(8-9)12(16)5-7-14(17)18/h4,6,8,10,12H,1-3,5,7,16H2,(H,17,18). The summed E-state index contributed by atoms with van der Waals surface area (Å²) in [7, 11) is 0. The summed E-state index contributed by atoms with van der Waals surface area (Å²) in [6.45, 7) is 0. The zero-order valence-corrected chi connectivity index (χ0v) is 12.2. The lowest BCUT2D eigenvalue weighted by Gasteiger charge is -2.28. The Morgan fingerprint density at radius 3 is 2.84 bits per heavy atom. The average Bonchev–Trinajstić information content (AvgIpc) is 2.32. The average molecular weight is 328 g/mol. The first-order valence-electron chi connectivity index (χ1n) is 6.49. The van der Waals surface area contributed by atoms with Gasteiger partial charge in [0.05, 0.1) is 6.10 Å². The van der Waals surface area contributed by atoms with Crippen molar-refractivity contribution in [2.45, 2.75) is 44.2 Å². The van der Waals surface area contributed by atoms with Gasteiger partial charge in [-0.1, -0.05) is 15.9 Å². The highest BCUT2D eigenvalue weighted by Crippen LogP contribution is 2.33. The summed E-state index contributed by atoms with van der Waals surface area (Å²) in [5, 5.41) is 8.73. The van der Waals surface area contributed by atoms with Crippen LogP contribution in [0.4, 0.5) is 0 Å². The van der Waals surface area contributed by atoms with Crippen LogP contribution >= 0.6 is 15.9 Å². The van der Waals surface area contributed by atoms with E-state index in [0.717, 1.165) is 28.6 Å². The lowest BCUT2D eigenvalue weighted by molar-refractivity contribution is -0.137. The second-order valence-corrected chi connectivity index (χ2v) is 5.81. The molecule has 3 N–H and O–H groups in total. The van der Waals surface area contributed by atoms with Gasteiger partial charge in [0.25, 0.3) is 0 Å². The van der Waals surface area contributed by atoms with Crippen LogP contribution in [0.5, 0.6) is 5.75 Å². The van der Waals surface area contributed by atoms with E-state index in [2.05, 4.69) is 15.9 Å². The highest BCUT2D eigenvalue weighted by molar-refractivity contribution is 9.10. The topological polar surface area (TPSA) is 72.6 Å². The number of carboxylic acids is 1. The maximum Gasteiger partial charge on any atom is 0.303 e. The fourth-order valence-electron chi connectivity index (χ4n) is 2.02. The molecule has 1 saturated carbocycles. The summed E-state index contributed by atoms with van der Waals surface area (Å²) < 4.78 is 6.84. The molecule has 5 heteroatoms. The highest BCUT2D eigenvalue weighted by atomic mass is 79.9. The van der Waals surface area contributed by atoms with E-state index in [9.17, 15) is 4.79 Å². The minimum atomic E-state index is -0.827. The minimum Gasteiger partial charge on any atom is -0.490 e. The number of carboxylic acid groups (broad SMARTS) is 1. The summed E-state index contributed by atoms with van der Waals surface area (Å²) in [5.74, 6) is -0.0438. The number of benzene rings is 1. The number of ether oxygens (including phenoxy) is 1. The third kappa shape index (κ3) is 3.94. The fourth-order valence-corrected chi connectivity index (χ4v) is 2.40. The molecular weight excluding hydrogens is 310 g/mol. The quantitative estimate of drug-likeness (QED) is 0.841. The Morgan fingerprint density at radius 1 is 1.53 bits per heavy atom. The van der Waals surface area contributed by atoms with E-state index in [1.807, 2.05) is 18.2 Å². The zero-order chi connectivity index (χ0) is 13.8. The fraction of sp³-hybridized carbons (Fsp3) is 0.500. The van der Waals surface area contributed by atoms with Gasteiger partial charge in [-0.3, -0.25) is 4.79 Å². The molecule has 4 nitrogen and oxygen atoms in total. The van der Waals surface area contributed by atoms with Gasteiger partial charge in [-0.25, -0.2) is 0 Å². The number of halogens is 1. The van der Waals surface area contributed by atoms with Crippen LogP contribution in [0, 0.1) is 0 Å². The van der Waals surface area contributed by atoms with Gasteiger partial charge >= 0.3 is 5.97 Å². The molecule has 0 heterocycles. The van der Waals surface area contributed by atoms with E-state index in [4.69, 9.17) is 15.6 Å². The Kier molecular flexibility index (Phi) is 4.82. The van der Waals surface area contributed by atoms with Crippen molar-refractivity contribution in [2.75, 3.05) is 0 Å². The van der Waals surface area contributed by atoms with Crippen LogP contribution in [-0.2, 0) is 4.79 Å². The van der Waals surface area contributed by atoms with Crippen LogP contribution in [0.25, 0.3) is 0 Å². The molecule has 2 rings (SSSR count). The molecule has 0 saturated heterocycles. The molecule has 0 bridgehead atoms. The van der Waals surface area contributed by atoms with E-state index < -0.39 is 5.97 Å². The van der Waals surface area contributed by atoms with Crippen molar-refractivity contribution in [3.63, 3.8) is 0 Å². The molecule has 0 radical (unpaired) electrons. The lowest BCUT2D eigenvalue weighted by atomic mass is 9.95. The Labute approximate surface area is 121 Å². The van der Waals surface area contributed by atoms with Crippen molar-refractivity contribution in [1.29, 1.82) is 0 Å². The first-order chi connectivity index (χ1) is 9.06. The van der Waals surface area contributed by atoms with Gasteiger partial charge in [-0.05, 0) is 43.9 Å². The van der Waals surface area contributed by atoms with Crippen LogP contribution < -0.4 is 10.5 Å². The number of aliphatic carboxylic acids is 1. The predicted molar refractivity (Wildman–Crippen MR) is 76.2 cm³/mol. The summed E-state index contributed by atoms with van der Waals surface area (Å²) in [5.41, 5.74) is 6.96. The largest absolute Gasteiger partial charge is 0.490 e. The first kappa shape index (κ1) is 14.3. The van der Waals surface area contributed by atoms with Crippen molar-refractivity contribution in [3.05, 3.63) is 28.2 Å². The number of carbonyl (C=O) groups is 1. The van der Waals surface area contributed by atoms with Gasteiger partial charge in [-0.15, -0.1) is 0 Å². The van der Waals surface area contributed by atoms with Crippen molar-refractivity contribution < 1.29 is 14.6 Å². The number of nitrogens with two attached hydrogens (primary N) is 1. The third-order valence-corrected chi connectivity index (χ3v) is 3.88. The Morgan fingerprint density at radius 2 is 2.26 bits per heavy atom. The van der Waals surface area contributed by atoms with Gasteiger partial charge in [0.15, 0.2) is 0 Å². The van der Waals surface area contributed by atoms with Gasteiger partial charge < -0.3 is 15.6 Å². The molecule has 104 valence electrons. The van der Waals surface area contributed by atoms with Crippen molar-refractivity contribution >= 4 is 21.9 Å². The Hall–Kier alpha value is -1.07. The number of hydrogen-bond donors (Lipinski definition) is 2. The van der Waals surface area contributed by atoms with E-state index in [0.29, 0.717) is 6.42 Å². The Bertz CT molecular complexity index is 460. The molecule has 1 aliphatic rings. The molecule has 0 aromatic heterocycles. The third-order valence-electron chi connectivity index (χ3n) is 3.39. The Balaban J connectivity index is 2.10. The van der Waals surface area contributed by atoms with E-state index in [1.165, 1.54) is 6.42 Å². The predicted octanol–water partition coefficient (Wildman–Crippen LogP) is 3.25. The van der Waals surface area contributed by atoms with Gasteiger partial charge in [0.2, 0.25) is 0 Å². The van der Waals surface area contributed by atoms with Gasteiger partial charge in [0, 0.05) is 22.5 Å². The number of rotatable bonds is 6. The molecule has 1 aliphatic carbocycles. The molecule has 1 aromatic carbocycles. The van der Waals surface area contributed by atoms with Crippen molar-refractivity contribution in [2.24, 2.45) is 5.73 Å². The highest BCUT2D eigenvalue weighted by Gasteiger charge is 2.22. The van der Waals surface area contributed by atoms with Gasteiger partial charge in [0.1, 0.15) is 5.75 Å². The molecule has 1 atom stereocenters. The monoisotopic (exact) mass is 327 g/mol. The van der Waals surface area contributed by atoms with E-state index >= 15 is 0 Å². The van der Waals surface area contributed by atoms with Gasteiger partial charge in [-0.2, -0.15) is 0 Å². The smallest absolute Gasteiger partial charge is 0.303 e. The maximum atomic E-state index is 10.6. The van der Waals surface area contributed by atoms with Crippen LogP contribution in [0.1, 0.15) is 43.7 Å². The summed E-state index contributed by atoms with van der Waals surface area (Å²) >= 11 is 3.41. The summed E-state index contributed by atoms with van der Waals surface area (Å²) in [6.07, 6.45) is 4.14. The van der Waals surface area contributed by atoms with Crippen molar-refractivity contribution in [1.82, 2.24) is 0 Å². The normalized spacial score (nSPS) is 16.7. The SMILES string of the molecule is NC(CCC(=O)O)c1cc(Br)ccc1OC1CCC1. The maximum absolute atomic E-state index is 10.6. The van der Waals surface area contributed by atoms with Crippen molar-refractivity contribution in [3.8, 4) is 5.75 Å². The minimum absolute atomic E-state index is 0.0660.